The second kappa shape index (κ2) is 9.05. The van der Waals surface area contributed by atoms with Crippen LogP contribution in [0.1, 0.15) is 21.5 Å². The summed E-state index contributed by atoms with van der Waals surface area (Å²) in [5, 5.41) is 6.33. The predicted molar refractivity (Wildman–Crippen MR) is 122 cm³/mol. The summed E-state index contributed by atoms with van der Waals surface area (Å²) in [6.45, 7) is 2.46. The Balaban J connectivity index is 1.54. The summed E-state index contributed by atoms with van der Waals surface area (Å²) in [5.74, 6) is 0.684. The zero-order chi connectivity index (χ0) is 20.8. The third kappa shape index (κ3) is 4.73. The Morgan fingerprint density at radius 2 is 1.53 bits per heavy atom. The molecule has 4 nitrogen and oxygen atoms in total. The third-order valence-corrected chi connectivity index (χ3v) is 4.92. The maximum Gasteiger partial charge on any atom is 0.251 e. The highest BCUT2D eigenvalue weighted by molar-refractivity contribution is 5.97. The smallest absolute Gasteiger partial charge is 0.251 e. The van der Waals surface area contributed by atoms with Crippen molar-refractivity contribution in [1.82, 2.24) is 10.3 Å². The van der Waals surface area contributed by atoms with Gasteiger partial charge in [0.05, 0.1) is 0 Å². The van der Waals surface area contributed by atoms with Gasteiger partial charge in [0.2, 0.25) is 0 Å². The zero-order valence-electron chi connectivity index (χ0n) is 16.8. The van der Waals surface area contributed by atoms with Crippen LogP contribution in [-0.4, -0.2) is 10.9 Å². The first-order valence-electron chi connectivity index (χ1n) is 9.90. The average Bonchev–Trinajstić information content (AvgIpc) is 2.79. The number of hydrogen-bond donors (Lipinski definition) is 2. The second-order valence-electron chi connectivity index (χ2n) is 7.12. The number of benzene rings is 3. The van der Waals surface area contributed by atoms with Crippen LogP contribution in [0.15, 0.2) is 97.2 Å². The van der Waals surface area contributed by atoms with Crippen molar-refractivity contribution in [3.8, 4) is 11.1 Å². The number of rotatable bonds is 6. The molecular weight excluding hydrogens is 370 g/mol. The van der Waals surface area contributed by atoms with E-state index < -0.39 is 0 Å². The Morgan fingerprint density at radius 1 is 0.833 bits per heavy atom. The number of para-hydroxylation sites is 1. The van der Waals surface area contributed by atoms with Gasteiger partial charge in [0.1, 0.15) is 5.82 Å². The van der Waals surface area contributed by atoms with Gasteiger partial charge in [0.25, 0.3) is 5.91 Å². The molecule has 0 aliphatic heterocycles. The molecule has 148 valence electrons. The monoisotopic (exact) mass is 393 g/mol. The van der Waals surface area contributed by atoms with Crippen molar-refractivity contribution >= 4 is 17.4 Å². The van der Waals surface area contributed by atoms with Gasteiger partial charge in [-0.3, -0.25) is 4.79 Å². The molecule has 0 spiro atoms. The van der Waals surface area contributed by atoms with E-state index in [9.17, 15) is 4.79 Å². The molecular formula is C26H23N3O. The lowest BCUT2D eigenvalue weighted by Crippen LogP contribution is -2.23. The quantitative estimate of drug-likeness (QED) is 0.440. The largest absolute Gasteiger partial charge is 0.348 e. The average molecular weight is 393 g/mol. The highest BCUT2D eigenvalue weighted by Gasteiger charge is 2.11. The van der Waals surface area contributed by atoms with Crippen LogP contribution in [0, 0.1) is 6.92 Å². The number of nitrogens with one attached hydrogen (secondary N) is 2. The molecule has 1 aromatic heterocycles. The van der Waals surface area contributed by atoms with Crippen LogP contribution in [0.5, 0.6) is 0 Å². The van der Waals surface area contributed by atoms with Crippen molar-refractivity contribution in [2.75, 3.05) is 5.32 Å². The van der Waals surface area contributed by atoms with Gasteiger partial charge in [-0.1, -0.05) is 60.7 Å². The van der Waals surface area contributed by atoms with Crippen molar-refractivity contribution in [3.63, 3.8) is 0 Å². The number of aryl methyl sites for hydroxylation is 1. The number of anilines is 2. The molecule has 0 saturated carbocycles. The Labute approximate surface area is 176 Å². The molecule has 0 aliphatic carbocycles. The summed E-state index contributed by atoms with van der Waals surface area (Å²) in [5.41, 5.74) is 5.65. The van der Waals surface area contributed by atoms with Crippen molar-refractivity contribution in [2.24, 2.45) is 0 Å². The van der Waals surface area contributed by atoms with Crippen molar-refractivity contribution in [3.05, 3.63) is 114 Å². The Bertz CT molecular complexity index is 1140. The van der Waals surface area contributed by atoms with Gasteiger partial charge >= 0.3 is 0 Å². The molecule has 0 radical (unpaired) electrons. The van der Waals surface area contributed by atoms with E-state index in [1.54, 1.807) is 6.20 Å². The van der Waals surface area contributed by atoms with Crippen LogP contribution in [0.25, 0.3) is 11.1 Å². The lowest BCUT2D eigenvalue weighted by molar-refractivity contribution is 0.0950. The topological polar surface area (TPSA) is 54.0 Å². The SMILES string of the molecule is Cc1ccc(-c2ccnc(Nc3ccccc3)c2)cc1C(=O)NCc1ccccc1. The van der Waals surface area contributed by atoms with E-state index >= 15 is 0 Å². The molecule has 0 bridgehead atoms. The van der Waals surface area contributed by atoms with Gasteiger partial charge in [-0.15, -0.1) is 0 Å². The molecule has 0 unspecified atom stereocenters. The number of nitrogens with zero attached hydrogens (tertiary/aromatic N) is 1. The summed E-state index contributed by atoms with van der Waals surface area (Å²) in [7, 11) is 0. The van der Waals surface area contributed by atoms with Gasteiger partial charge in [0.15, 0.2) is 0 Å². The minimum absolute atomic E-state index is 0.0742. The summed E-state index contributed by atoms with van der Waals surface area (Å²) in [6.07, 6.45) is 1.77. The number of pyridine rings is 1. The maximum absolute atomic E-state index is 12.8. The third-order valence-electron chi connectivity index (χ3n) is 4.92. The molecule has 3 aromatic carbocycles. The summed E-state index contributed by atoms with van der Waals surface area (Å²) in [4.78, 5) is 17.2. The molecule has 1 heterocycles. The number of amides is 1. The Morgan fingerprint density at radius 3 is 2.30 bits per heavy atom. The first-order chi connectivity index (χ1) is 14.7. The van der Waals surface area contributed by atoms with E-state index in [4.69, 9.17) is 0 Å². The van der Waals surface area contributed by atoms with Crippen LogP contribution < -0.4 is 10.6 Å². The molecule has 0 fully saturated rings. The number of hydrogen-bond acceptors (Lipinski definition) is 3. The highest BCUT2D eigenvalue weighted by atomic mass is 16.1. The van der Waals surface area contributed by atoms with Crippen molar-refractivity contribution in [2.45, 2.75) is 13.5 Å². The number of carbonyl (C=O) groups is 1. The molecule has 0 aliphatic rings. The van der Waals surface area contributed by atoms with Crippen LogP contribution in [0.3, 0.4) is 0 Å². The van der Waals surface area contributed by atoms with Gasteiger partial charge in [-0.05, 0) is 59.5 Å². The van der Waals surface area contributed by atoms with Gasteiger partial charge in [-0.25, -0.2) is 4.98 Å². The Kier molecular flexibility index (Phi) is 5.85. The highest BCUT2D eigenvalue weighted by Crippen LogP contribution is 2.25. The van der Waals surface area contributed by atoms with Crippen LogP contribution in [0.2, 0.25) is 0 Å². The first-order valence-corrected chi connectivity index (χ1v) is 9.90. The molecule has 4 aromatic rings. The Hall–Kier alpha value is -3.92. The molecule has 4 rings (SSSR count). The van der Waals surface area contributed by atoms with Gasteiger partial charge in [-0.2, -0.15) is 0 Å². The van der Waals surface area contributed by atoms with Crippen molar-refractivity contribution in [1.29, 1.82) is 0 Å². The minimum Gasteiger partial charge on any atom is -0.348 e. The fourth-order valence-corrected chi connectivity index (χ4v) is 3.27. The fraction of sp³-hybridized carbons (Fsp3) is 0.0769. The van der Waals surface area contributed by atoms with Gasteiger partial charge in [0, 0.05) is 24.0 Å². The van der Waals surface area contributed by atoms with E-state index in [1.807, 2.05) is 97.9 Å². The molecule has 1 amide bonds. The second-order valence-corrected chi connectivity index (χ2v) is 7.12. The summed E-state index contributed by atoms with van der Waals surface area (Å²) in [6, 6.07) is 29.7. The van der Waals surface area contributed by atoms with Crippen molar-refractivity contribution < 1.29 is 4.79 Å². The van der Waals surface area contributed by atoms with E-state index in [-0.39, 0.29) is 5.91 Å². The lowest BCUT2D eigenvalue weighted by Gasteiger charge is -2.11. The zero-order valence-corrected chi connectivity index (χ0v) is 16.8. The first kappa shape index (κ1) is 19.4. The van der Waals surface area contributed by atoms with E-state index in [0.717, 1.165) is 33.8 Å². The fourth-order valence-electron chi connectivity index (χ4n) is 3.27. The number of carbonyl (C=O) groups excluding carboxylic acids is 1. The maximum atomic E-state index is 12.8. The van der Waals surface area contributed by atoms with E-state index in [0.29, 0.717) is 12.1 Å². The molecule has 0 atom stereocenters. The summed E-state index contributed by atoms with van der Waals surface area (Å²) >= 11 is 0. The van der Waals surface area contributed by atoms with Crippen LogP contribution >= 0.6 is 0 Å². The predicted octanol–water partition coefficient (Wildman–Crippen LogP) is 5.73. The lowest BCUT2D eigenvalue weighted by atomic mass is 9.99. The van der Waals surface area contributed by atoms with Gasteiger partial charge < -0.3 is 10.6 Å². The molecule has 0 saturated heterocycles. The number of aromatic nitrogens is 1. The van der Waals surface area contributed by atoms with Crippen LogP contribution in [-0.2, 0) is 6.54 Å². The molecule has 4 heteroatoms. The van der Waals surface area contributed by atoms with E-state index in [2.05, 4.69) is 15.6 Å². The standard InChI is InChI=1S/C26H23N3O/c1-19-12-13-21(16-24(19)26(30)28-18-20-8-4-2-5-9-20)22-14-15-27-25(17-22)29-23-10-6-3-7-11-23/h2-17H,18H2,1H3,(H,27,29)(H,28,30). The van der Waals surface area contributed by atoms with Crippen LogP contribution in [0.4, 0.5) is 11.5 Å². The molecule has 30 heavy (non-hydrogen) atoms. The summed E-state index contributed by atoms with van der Waals surface area (Å²) < 4.78 is 0. The normalized spacial score (nSPS) is 10.4. The molecule has 2 N–H and O–H groups in total. The minimum atomic E-state index is -0.0742. The van der Waals surface area contributed by atoms with E-state index in [1.165, 1.54) is 0 Å².